The van der Waals surface area contributed by atoms with Crippen LogP contribution in [0.3, 0.4) is 0 Å². The number of phenolic OH excluding ortho intramolecular Hbond substituents is 4. The van der Waals surface area contributed by atoms with Crippen molar-refractivity contribution < 1.29 is 24.8 Å². The van der Waals surface area contributed by atoms with E-state index >= 15 is 0 Å². The molecular weight excluding hydrogens is 276 g/mol. The van der Waals surface area contributed by atoms with Crippen molar-refractivity contribution in [1.82, 2.24) is 0 Å². The quantitative estimate of drug-likeness (QED) is 0.546. The average Bonchev–Trinajstić information content (AvgIpc) is 2.40. The number of hydrogen-bond donors (Lipinski definition) is 4. The van der Waals surface area contributed by atoms with Gasteiger partial charge in [-0.05, 0) is 18.2 Å². The molecule has 6 heteroatoms. The van der Waals surface area contributed by atoms with Gasteiger partial charge < -0.3 is 24.8 Å². The number of phenols is 4. The molecule has 0 aliphatic rings. The molecule has 3 rings (SSSR count). The van der Waals surface area contributed by atoms with Crippen LogP contribution in [0.15, 0.2) is 45.6 Å². The maximum absolute atomic E-state index is 12.0. The van der Waals surface area contributed by atoms with Gasteiger partial charge in [-0.15, -0.1) is 0 Å². The van der Waals surface area contributed by atoms with Crippen LogP contribution in [0.1, 0.15) is 0 Å². The summed E-state index contributed by atoms with van der Waals surface area (Å²) in [5, 5.41) is 38.2. The monoisotopic (exact) mass is 286 g/mol. The van der Waals surface area contributed by atoms with Gasteiger partial charge in [0.2, 0.25) is 0 Å². The van der Waals surface area contributed by atoms with E-state index in [-0.39, 0.29) is 45.3 Å². The molecule has 0 unspecified atom stereocenters. The van der Waals surface area contributed by atoms with E-state index in [1.165, 1.54) is 18.2 Å². The molecule has 0 radical (unpaired) electrons. The Balaban J connectivity index is 2.33. The summed E-state index contributed by atoms with van der Waals surface area (Å²) in [6.07, 6.45) is 0. The van der Waals surface area contributed by atoms with E-state index in [0.29, 0.717) is 0 Å². The Kier molecular flexibility index (Phi) is 2.72. The molecule has 0 aliphatic heterocycles. The van der Waals surface area contributed by atoms with Crippen LogP contribution < -0.4 is 5.43 Å². The van der Waals surface area contributed by atoms with Gasteiger partial charge in [-0.1, -0.05) is 0 Å². The number of benzene rings is 2. The highest BCUT2D eigenvalue weighted by Crippen LogP contribution is 2.35. The van der Waals surface area contributed by atoms with Crippen molar-refractivity contribution in [2.75, 3.05) is 0 Å². The minimum atomic E-state index is -0.482. The van der Waals surface area contributed by atoms with Crippen molar-refractivity contribution in [2.24, 2.45) is 0 Å². The molecule has 2 aromatic carbocycles. The van der Waals surface area contributed by atoms with Gasteiger partial charge in [0, 0.05) is 18.2 Å². The third kappa shape index (κ3) is 2.12. The van der Waals surface area contributed by atoms with Gasteiger partial charge >= 0.3 is 0 Å². The van der Waals surface area contributed by atoms with E-state index in [1.807, 2.05) is 0 Å². The highest BCUT2D eigenvalue weighted by Gasteiger charge is 2.14. The minimum Gasteiger partial charge on any atom is -0.508 e. The normalized spacial score (nSPS) is 10.9. The molecule has 1 heterocycles. The van der Waals surface area contributed by atoms with Gasteiger partial charge in [-0.25, -0.2) is 0 Å². The predicted octanol–water partition coefficient (Wildman–Crippen LogP) is 2.28. The first kappa shape index (κ1) is 12.9. The SMILES string of the molecule is O=c1cc(-c2ccc(O)cc2O)oc2c(O)cc(O)cc12. The first-order valence-corrected chi connectivity index (χ1v) is 5.98. The summed E-state index contributed by atoms with van der Waals surface area (Å²) in [6, 6.07) is 7.18. The summed E-state index contributed by atoms with van der Waals surface area (Å²) in [6.45, 7) is 0. The van der Waals surface area contributed by atoms with Crippen LogP contribution in [0.25, 0.3) is 22.3 Å². The predicted molar refractivity (Wildman–Crippen MR) is 74.6 cm³/mol. The zero-order chi connectivity index (χ0) is 15.1. The maximum Gasteiger partial charge on any atom is 0.193 e. The number of rotatable bonds is 1. The number of fused-ring (bicyclic) bond motifs is 1. The second-order valence-corrected chi connectivity index (χ2v) is 4.52. The summed E-state index contributed by atoms with van der Waals surface area (Å²) in [5.41, 5.74) is -0.382. The lowest BCUT2D eigenvalue weighted by molar-refractivity contribution is 0.442. The Morgan fingerprint density at radius 1 is 0.810 bits per heavy atom. The molecule has 0 fully saturated rings. The van der Waals surface area contributed by atoms with Crippen molar-refractivity contribution in [3.63, 3.8) is 0 Å². The van der Waals surface area contributed by atoms with Crippen LogP contribution in [-0.4, -0.2) is 20.4 Å². The fourth-order valence-electron chi connectivity index (χ4n) is 2.09. The Labute approximate surface area is 117 Å². The van der Waals surface area contributed by atoms with Crippen LogP contribution in [0.2, 0.25) is 0 Å². The fraction of sp³-hybridized carbons (Fsp3) is 0. The minimum absolute atomic E-state index is 0.0227. The second kappa shape index (κ2) is 4.45. The molecule has 6 nitrogen and oxygen atoms in total. The lowest BCUT2D eigenvalue weighted by Gasteiger charge is -2.07. The van der Waals surface area contributed by atoms with Crippen molar-refractivity contribution in [3.05, 3.63) is 46.6 Å². The van der Waals surface area contributed by atoms with Crippen molar-refractivity contribution >= 4 is 11.0 Å². The Morgan fingerprint density at radius 3 is 2.24 bits per heavy atom. The van der Waals surface area contributed by atoms with Crippen molar-refractivity contribution in [2.45, 2.75) is 0 Å². The van der Waals surface area contributed by atoms with E-state index in [0.717, 1.165) is 18.2 Å². The van der Waals surface area contributed by atoms with Gasteiger partial charge in [0.25, 0.3) is 0 Å². The molecule has 1 aromatic heterocycles. The van der Waals surface area contributed by atoms with Crippen LogP contribution in [-0.2, 0) is 0 Å². The van der Waals surface area contributed by atoms with Crippen molar-refractivity contribution in [3.8, 4) is 34.3 Å². The molecule has 21 heavy (non-hydrogen) atoms. The summed E-state index contributed by atoms with van der Waals surface area (Å²) in [7, 11) is 0. The second-order valence-electron chi connectivity index (χ2n) is 4.52. The van der Waals surface area contributed by atoms with Gasteiger partial charge in [0.1, 0.15) is 23.0 Å². The third-order valence-corrected chi connectivity index (χ3v) is 3.04. The standard InChI is InChI=1S/C15H10O6/c16-7-1-2-9(11(18)4-7)14-6-12(19)10-3-8(17)5-13(20)15(10)21-14/h1-6,16-18,20H. The zero-order valence-corrected chi connectivity index (χ0v) is 10.6. The van der Waals surface area contributed by atoms with Crippen LogP contribution in [0.5, 0.6) is 23.0 Å². The molecule has 0 saturated carbocycles. The molecule has 106 valence electrons. The van der Waals surface area contributed by atoms with E-state index in [2.05, 4.69) is 0 Å². The van der Waals surface area contributed by atoms with E-state index in [1.54, 1.807) is 0 Å². The lowest BCUT2D eigenvalue weighted by Crippen LogP contribution is -2.00. The first-order chi connectivity index (χ1) is 9.95. The highest BCUT2D eigenvalue weighted by molar-refractivity contribution is 5.85. The van der Waals surface area contributed by atoms with Gasteiger partial charge in [0.15, 0.2) is 16.8 Å². The molecular formula is C15H10O6. The molecule has 4 N–H and O–H groups in total. The molecule has 0 amide bonds. The van der Waals surface area contributed by atoms with Crippen LogP contribution >= 0.6 is 0 Å². The summed E-state index contributed by atoms with van der Waals surface area (Å²) in [4.78, 5) is 12.0. The molecule has 0 bridgehead atoms. The zero-order valence-electron chi connectivity index (χ0n) is 10.6. The largest absolute Gasteiger partial charge is 0.508 e. The number of aromatic hydroxyl groups is 4. The van der Waals surface area contributed by atoms with Crippen LogP contribution in [0.4, 0.5) is 0 Å². The summed E-state index contributed by atoms with van der Waals surface area (Å²) >= 11 is 0. The van der Waals surface area contributed by atoms with E-state index < -0.39 is 5.43 Å². The molecule has 0 atom stereocenters. The highest BCUT2D eigenvalue weighted by atomic mass is 16.4. The smallest absolute Gasteiger partial charge is 0.193 e. The van der Waals surface area contributed by atoms with E-state index in [4.69, 9.17) is 4.42 Å². The maximum atomic E-state index is 12.0. The summed E-state index contributed by atoms with van der Waals surface area (Å²) in [5.74, 6) is -1.01. The fourth-order valence-corrected chi connectivity index (χ4v) is 2.09. The summed E-state index contributed by atoms with van der Waals surface area (Å²) < 4.78 is 5.43. The first-order valence-electron chi connectivity index (χ1n) is 5.98. The Bertz CT molecular complexity index is 910. The molecule has 0 aliphatic carbocycles. The van der Waals surface area contributed by atoms with Gasteiger partial charge in [-0.2, -0.15) is 0 Å². The number of hydrogen-bond acceptors (Lipinski definition) is 6. The van der Waals surface area contributed by atoms with Crippen molar-refractivity contribution in [1.29, 1.82) is 0 Å². The molecule has 0 spiro atoms. The van der Waals surface area contributed by atoms with Gasteiger partial charge in [0.05, 0.1) is 10.9 Å². The Morgan fingerprint density at radius 2 is 1.52 bits per heavy atom. The topological polar surface area (TPSA) is 111 Å². The average molecular weight is 286 g/mol. The Hall–Kier alpha value is -3.15. The molecule has 0 saturated heterocycles. The molecule has 3 aromatic rings. The third-order valence-electron chi connectivity index (χ3n) is 3.04. The van der Waals surface area contributed by atoms with Crippen LogP contribution in [0, 0.1) is 0 Å². The lowest BCUT2D eigenvalue weighted by atomic mass is 10.1. The van der Waals surface area contributed by atoms with Gasteiger partial charge in [-0.3, -0.25) is 4.79 Å². The van der Waals surface area contributed by atoms with E-state index in [9.17, 15) is 25.2 Å².